The van der Waals surface area contributed by atoms with Gasteiger partial charge in [-0.3, -0.25) is 4.79 Å². The van der Waals surface area contributed by atoms with Crippen molar-refractivity contribution < 1.29 is 4.79 Å². The standard InChI is InChI=1S/C6H12O.C4H9N/c1-3-5-6(7)4-2;1-2-4-5-3-1/h3-5H2,1-2H3;5H,1-4H2. The van der Waals surface area contributed by atoms with E-state index in [0.29, 0.717) is 12.2 Å². The molecule has 0 aromatic heterocycles. The number of rotatable bonds is 3. The molecule has 0 unspecified atom stereocenters. The summed E-state index contributed by atoms with van der Waals surface area (Å²) < 4.78 is 0. The van der Waals surface area contributed by atoms with Gasteiger partial charge in [0.2, 0.25) is 0 Å². The summed E-state index contributed by atoms with van der Waals surface area (Å²) in [5.74, 6) is 0.377. The fourth-order valence-electron chi connectivity index (χ4n) is 1.08. The molecular weight excluding hydrogens is 150 g/mol. The molecule has 1 aliphatic heterocycles. The quantitative estimate of drug-likeness (QED) is 0.705. The monoisotopic (exact) mass is 171 g/mol. The van der Waals surface area contributed by atoms with E-state index in [4.69, 9.17) is 0 Å². The van der Waals surface area contributed by atoms with Gasteiger partial charge >= 0.3 is 0 Å². The molecule has 2 heteroatoms. The topological polar surface area (TPSA) is 29.1 Å². The fraction of sp³-hybridized carbons (Fsp3) is 0.900. The van der Waals surface area contributed by atoms with Crippen molar-refractivity contribution in [3.8, 4) is 0 Å². The van der Waals surface area contributed by atoms with Gasteiger partial charge in [0.05, 0.1) is 0 Å². The minimum absolute atomic E-state index is 0.377. The van der Waals surface area contributed by atoms with Gasteiger partial charge in [-0.25, -0.2) is 0 Å². The van der Waals surface area contributed by atoms with Crippen molar-refractivity contribution in [2.45, 2.75) is 46.0 Å². The molecular formula is C10H21NO. The van der Waals surface area contributed by atoms with Gasteiger partial charge in [-0.15, -0.1) is 0 Å². The maximum Gasteiger partial charge on any atom is 0.132 e. The van der Waals surface area contributed by atoms with E-state index in [0.717, 1.165) is 12.8 Å². The van der Waals surface area contributed by atoms with Crippen molar-refractivity contribution in [2.75, 3.05) is 13.1 Å². The predicted molar refractivity (Wildman–Crippen MR) is 52.3 cm³/mol. The molecule has 1 fully saturated rings. The van der Waals surface area contributed by atoms with E-state index in [9.17, 15) is 4.79 Å². The Kier molecular flexibility index (Phi) is 8.46. The molecule has 1 rings (SSSR count). The van der Waals surface area contributed by atoms with E-state index in [-0.39, 0.29) is 0 Å². The van der Waals surface area contributed by atoms with Gasteiger partial charge in [-0.05, 0) is 32.4 Å². The normalized spacial score (nSPS) is 15.2. The van der Waals surface area contributed by atoms with E-state index in [2.05, 4.69) is 5.32 Å². The molecule has 0 aromatic carbocycles. The van der Waals surface area contributed by atoms with Crippen LogP contribution in [0.1, 0.15) is 46.0 Å². The average Bonchev–Trinajstić information content (AvgIpc) is 2.62. The van der Waals surface area contributed by atoms with Crippen LogP contribution in [-0.2, 0) is 4.79 Å². The highest BCUT2D eigenvalue weighted by Crippen LogP contribution is 1.91. The van der Waals surface area contributed by atoms with Crippen LogP contribution < -0.4 is 5.32 Å². The Morgan fingerprint density at radius 2 is 1.83 bits per heavy atom. The van der Waals surface area contributed by atoms with Crippen LogP contribution in [0.25, 0.3) is 0 Å². The van der Waals surface area contributed by atoms with Crippen molar-refractivity contribution in [3.63, 3.8) is 0 Å². The number of hydrogen-bond donors (Lipinski definition) is 1. The van der Waals surface area contributed by atoms with E-state index >= 15 is 0 Å². The zero-order valence-electron chi connectivity index (χ0n) is 8.36. The van der Waals surface area contributed by atoms with Crippen LogP contribution in [0.5, 0.6) is 0 Å². The second-order valence-corrected chi connectivity index (χ2v) is 3.10. The summed E-state index contributed by atoms with van der Waals surface area (Å²) in [5, 5.41) is 3.22. The largest absolute Gasteiger partial charge is 0.317 e. The number of nitrogens with one attached hydrogen (secondary N) is 1. The summed E-state index contributed by atoms with van der Waals surface area (Å²) in [6, 6.07) is 0. The molecule has 1 saturated heterocycles. The van der Waals surface area contributed by atoms with Crippen LogP contribution in [0.4, 0.5) is 0 Å². The predicted octanol–water partition coefficient (Wildman–Crippen LogP) is 2.14. The van der Waals surface area contributed by atoms with Crippen LogP contribution in [0, 0.1) is 0 Å². The van der Waals surface area contributed by atoms with Crippen LogP contribution in [0.15, 0.2) is 0 Å². The summed E-state index contributed by atoms with van der Waals surface area (Å²) in [6.45, 7) is 6.42. The van der Waals surface area contributed by atoms with Crippen LogP contribution in [0.3, 0.4) is 0 Å². The van der Waals surface area contributed by atoms with Crippen molar-refractivity contribution >= 4 is 5.78 Å². The van der Waals surface area contributed by atoms with Gasteiger partial charge < -0.3 is 5.32 Å². The van der Waals surface area contributed by atoms with Crippen LogP contribution >= 0.6 is 0 Å². The third-order valence-electron chi connectivity index (χ3n) is 1.88. The molecule has 0 saturated carbocycles. The molecule has 0 aliphatic carbocycles. The lowest BCUT2D eigenvalue weighted by molar-refractivity contribution is -0.118. The van der Waals surface area contributed by atoms with Gasteiger partial charge in [-0.2, -0.15) is 0 Å². The zero-order valence-corrected chi connectivity index (χ0v) is 8.36. The first-order valence-electron chi connectivity index (χ1n) is 5.03. The Morgan fingerprint density at radius 1 is 1.25 bits per heavy atom. The summed E-state index contributed by atoms with van der Waals surface area (Å²) >= 11 is 0. The maximum absolute atomic E-state index is 10.4. The molecule has 0 spiro atoms. The number of carbonyl (C=O) groups excluding carboxylic acids is 1. The Bertz CT molecular complexity index is 101. The SMILES string of the molecule is C1CCNC1.CCCC(=O)CC. The number of Topliss-reactive ketones (excluding diaryl/α,β-unsaturated/α-hetero) is 1. The molecule has 0 amide bonds. The van der Waals surface area contributed by atoms with E-state index in [1.54, 1.807) is 0 Å². The summed E-state index contributed by atoms with van der Waals surface area (Å²) in [7, 11) is 0. The van der Waals surface area contributed by atoms with E-state index in [1.807, 2.05) is 13.8 Å². The fourth-order valence-corrected chi connectivity index (χ4v) is 1.08. The highest BCUT2D eigenvalue weighted by atomic mass is 16.1. The van der Waals surface area contributed by atoms with Crippen molar-refractivity contribution in [1.82, 2.24) is 5.32 Å². The number of ketones is 1. The van der Waals surface area contributed by atoms with Gasteiger partial charge in [0.1, 0.15) is 5.78 Å². The molecule has 2 nitrogen and oxygen atoms in total. The lowest BCUT2D eigenvalue weighted by Gasteiger charge is -1.87. The molecule has 1 N–H and O–H groups in total. The first kappa shape index (κ1) is 11.6. The molecule has 1 aliphatic rings. The molecule has 0 atom stereocenters. The smallest absolute Gasteiger partial charge is 0.132 e. The highest BCUT2D eigenvalue weighted by Gasteiger charge is 1.93. The minimum atomic E-state index is 0.377. The lowest BCUT2D eigenvalue weighted by Crippen LogP contribution is -2.03. The third-order valence-corrected chi connectivity index (χ3v) is 1.88. The van der Waals surface area contributed by atoms with Gasteiger partial charge in [0, 0.05) is 12.8 Å². The number of hydrogen-bond acceptors (Lipinski definition) is 2. The molecule has 72 valence electrons. The highest BCUT2D eigenvalue weighted by molar-refractivity contribution is 5.77. The van der Waals surface area contributed by atoms with E-state index < -0.39 is 0 Å². The summed E-state index contributed by atoms with van der Waals surface area (Å²) in [6.07, 6.45) is 5.23. The second-order valence-electron chi connectivity index (χ2n) is 3.10. The van der Waals surface area contributed by atoms with E-state index in [1.165, 1.54) is 25.9 Å². The first-order chi connectivity index (χ1) is 5.81. The first-order valence-corrected chi connectivity index (χ1v) is 5.03. The minimum Gasteiger partial charge on any atom is -0.317 e. The maximum atomic E-state index is 10.4. The van der Waals surface area contributed by atoms with Crippen molar-refractivity contribution in [1.29, 1.82) is 0 Å². The number of carbonyl (C=O) groups is 1. The average molecular weight is 171 g/mol. The summed E-state index contributed by atoms with van der Waals surface area (Å²) in [4.78, 5) is 10.4. The summed E-state index contributed by atoms with van der Waals surface area (Å²) in [5.41, 5.74) is 0. The molecule has 0 aromatic rings. The van der Waals surface area contributed by atoms with Gasteiger partial charge in [-0.1, -0.05) is 13.8 Å². The van der Waals surface area contributed by atoms with Gasteiger partial charge in [0.15, 0.2) is 0 Å². The molecule has 0 radical (unpaired) electrons. The van der Waals surface area contributed by atoms with Crippen molar-refractivity contribution in [2.24, 2.45) is 0 Å². The third kappa shape index (κ3) is 7.73. The Balaban J connectivity index is 0.000000211. The van der Waals surface area contributed by atoms with Gasteiger partial charge in [0.25, 0.3) is 0 Å². The Morgan fingerprint density at radius 3 is 2.00 bits per heavy atom. The van der Waals surface area contributed by atoms with Crippen LogP contribution in [-0.4, -0.2) is 18.9 Å². The second kappa shape index (κ2) is 8.72. The lowest BCUT2D eigenvalue weighted by atomic mass is 10.2. The Hall–Kier alpha value is -0.370. The molecule has 12 heavy (non-hydrogen) atoms. The zero-order chi connectivity index (χ0) is 9.23. The van der Waals surface area contributed by atoms with Crippen molar-refractivity contribution in [3.05, 3.63) is 0 Å². The Labute approximate surface area is 75.7 Å². The molecule has 1 heterocycles. The van der Waals surface area contributed by atoms with Crippen LogP contribution in [0.2, 0.25) is 0 Å². The molecule has 0 bridgehead atoms.